The number of ether oxygens (including phenoxy) is 1. The third kappa shape index (κ3) is 4.33. The van der Waals surface area contributed by atoms with Gasteiger partial charge in [-0.15, -0.1) is 0 Å². The first-order valence-corrected chi connectivity index (χ1v) is 10.2. The van der Waals surface area contributed by atoms with Gasteiger partial charge >= 0.3 is 0 Å². The van der Waals surface area contributed by atoms with Crippen molar-refractivity contribution in [3.05, 3.63) is 112 Å². The maximum Gasteiger partial charge on any atom is 0.127 e. The molecule has 4 heteroatoms. The van der Waals surface area contributed by atoms with E-state index in [1.165, 1.54) is 0 Å². The first kappa shape index (κ1) is 20.0. The van der Waals surface area contributed by atoms with Crippen LogP contribution in [-0.4, -0.2) is 0 Å². The second kappa shape index (κ2) is 9.05. The van der Waals surface area contributed by atoms with E-state index in [9.17, 15) is 5.26 Å². The molecule has 4 aromatic rings. The molecule has 0 fully saturated rings. The third-order valence-corrected chi connectivity index (χ3v) is 5.46. The Hall–Kier alpha value is -3.25. The van der Waals surface area contributed by atoms with E-state index in [1.54, 1.807) is 12.1 Å². The molecular weight excluding hydrogens is 413 g/mol. The quantitative estimate of drug-likeness (QED) is 0.239. The summed E-state index contributed by atoms with van der Waals surface area (Å²) >= 11 is 12.3. The highest BCUT2D eigenvalue weighted by Gasteiger charge is 2.11. The van der Waals surface area contributed by atoms with Crippen molar-refractivity contribution in [2.45, 2.75) is 6.61 Å². The Morgan fingerprint density at radius 2 is 1.60 bits per heavy atom. The number of benzene rings is 4. The number of halogens is 2. The van der Waals surface area contributed by atoms with Crippen molar-refractivity contribution >= 4 is 45.6 Å². The van der Waals surface area contributed by atoms with Gasteiger partial charge in [0.1, 0.15) is 12.4 Å². The standard InChI is InChI=1S/C26H17Cl2NO/c27-22-12-9-18(10-13-22)21(16-29)15-24-23-7-3-1-5-19(23)11-14-26(24)30-17-20-6-2-4-8-25(20)28/h1-15H,17H2/b21-15+. The van der Waals surface area contributed by atoms with Crippen LogP contribution in [0.3, 0.4) is 0 Å². The summed E-state index contributed by atoms with van der Waals surface area (Å²) in [5, 5.41) is 13.2. The predicted octanol–water partition coefficient (Wildman–Crippen LogP) is 7.79. The first-order valence-electron chi connectivity index (χ1n) is 9.41. The molecule has 0 N–H and O–H groups in total. The zero-order valence-corrected chi connectivity index (χ0v) is 17.5. The van der Waals surface area contributed by atoms with Crippen LogP contribution in [0.2, 0.25) is 10.0 Å². The van der Waals surface area contributed by atoms with Crippen LogP contribution in [0.1, 0.15) is 16.7 Å². The molecule has 0 saturated carbocycles. The summed E-state index contributed by atoms with van der Waals surface area (Å²) in [6.45, 7) is 0.335. The van der Waals surface area contributed by atoms with E-state index >= 15 is 0 Å². The Labute approximate surface area is 185 Å². The van der Waals surface area contributed by atoms with Gasteiger partial charge in [-0.3, -0.25) is 0 Å². The van der Waals surface area contributed by atoms with Crippen molar-refractivity contribution in [3.8, 4) is 11.8 Å². The number of nitriles is 1. The molecule has 146 valence electrons. The van der Waals surface area contributed by atoms with Crippen LogP contribution < -0.4 is 4.74 Å². The number of allylic oxidation sites excluding steroid dienone is 1. The topological polar surface area (TPSA) is 33.0 Å². The van der Waals surface area contributed by atoms with Crippen molar-refractivity contribution in [3.63, 3.8) is 0 Å². The molecule has 0 atom stereocenters. The zero-order chi connectivity index (χ0) is 20.9. The molecule has 2 nitrogen and oxygen atoms in total. The minimum Gasteiger partial charge on any atom is -0.488 e. The molecule has 0 aliphatic heterocycles. The highest BCUT2D eigenvalue weighted by Crippen LogP contribution is 2.33. The Morgan fingerprint density at radius 1 is 0.867 bits per heavy atom. The minimum atomic E-state index is 0.335. The summed E-state index contributed by atoms with van der Waals surface area (Å²) < 4.78 is 6.15. The number of nitrogens with zero attached hydrogens (tertiary/aromatic N) is 1. The van der Waals surface area contributed by atoms with Gasteiger partial charge in [0.2, 0.25) is 0 Å². The number of hydrogen-bond acceptors (Lipinski definition) is 2. The van der Waals surface area contributed by atoms with Crippen molar-refractivity contribution in [2.24, 2.45) is 0 Å². The summed E-state index contributed by atoms with van der Waals surface area (Å²) in [6.07, 6.45) is 1.87. The summed E-state index contributed by atoms with van der Waals surface area (Å²) in [4.78, 5) is 0. The monoisotopic (exact) mass is 429 g/mol. The van der Waals surface area contributed by atoms with E-state index in [2.05, 4.69) is 6.07 Å². The number of fused-ring (bicyclic) bond motifs is 1. The van der Waals surface area contributed by atoms with Gasteiger partial charge in [0.15, 0.2) is 0 Å². The maximum atomic E-state index is 9.81. The Balaban J connectivity index is 1.80. The van der Waals surface area contributed by atoms with Crippen LogP contribution in [0.25, 0.3) is 22.4 Å². The maximum absolute atomic E-state index is 9.81. The van der Waals surface area contributed by atoms with E-state index < -0.39 is 0 Å². The molecule has 0 saturated heterocycles. The van der Waals surface area contributed by atoms with Gasteiger partial charge in [-0.25, -0.2) is 0 Å². The molecule has 0 heterocycles. The summed E-state index contributed by atoms with van der Waals surface area (Å²) in [5.74, 6) is 0.690. The van der Waals surface area contributed by atoms with Gasteiger partial charge < -0.3 is 4.74 Å². The lowest BCUT2D eigenvalue weighted by Gasteiger charge is -2.13. The van der Waals surface area contributed by atoms with Crippen molar-refractivity contribution in [2.75, 3.05) is 0 Å². The van der Waals surface area contributed by atoms with E-state index in [1.807, 2.05) is 78.9 Å². The lowest BCUT2D eigenvalue weighted by molar-refractivity contribution is 0.306. The van der Waals surface area contributed by atoms with Gasteiger partial charge in [-0.2, -0.15) is 5.26 Å². The molecular formula is C26H17Cl2NO. The van der Waals surface area contributed by atoms with E-state index in [0.717, 1.165) is 27.5 Å². The summed E-state index contributed by atoms with van der Waals surface area (Å²) in [5.41, 5.74) is 3.09. The fraction of sp³-hybridized carbons (Fsp3) is 0.0385. The van der Waals surface area contributed by atoms with Gasteiger partial charge in [-0.1, -0.05) is 83.9 Å². The molecule has 0 aromatic heterocycles. The van der Waals surface area contributed by atoms with Crippen LogP contribution in [0.5, 0.6) is 5.75 Å². The van der Waals surface area contributed by atoms with Gasteiger partial charge in [0, 0.05) is 21.2 Å². The summed E-state index contributed by atoms with van der Waals surface area (Å²) in [6, 6.07) is 29.1. The summed E-state index contributed by atoms with van der Waals surface area (Å²) in [7, 11) is 0. The molecule has 0 unspecified atom stereocenters. The molecule has 0 aliphatic carbocycles. The van der Waals surface area contributed by atoms with Crippen molar-refractivity contribution < 1.29 is 4.74 Å². The lowest BCUT2D eigenvalue weighted by Crippen LogP contribution is -1.98. The van der Waals surface area contributed by atoms with Crippen LogP contribution >= 0.6 is 23.2 Å². The molecule has 4 aromatic carbocycles. The third-order valence-electron chi connectivity index (χ3n) is 4.84. The van der Waals surface area contributed by atoms with E-state index in [4.69, 9.17) is 27.9 Å². The molecule has 0 bridgehead atoms. The lowest BCUT2D eigenvalue weighted by atomic mass is 9.98. The van der Waals surface area contributed by atoms with Crippen molar-refractivity contribution in [1.29, 1.82) is 5.26 Å². The number of rotatable bonds is 5. The van der Waals surface area contributed by atoms with Crippen LogP contribution in [-0.2, 0) is 6.61 Å². The van der Waals surface area contributed by atoms with Crippen LogP contribution in [0.4, 0.5) is 0 Å². The predicted molar refractivity (Wildman–Crippen MR) is 125 cm³/mol. The molecule has 30 heavy (non-hydrogen) atoms. The normalized spacial score (nSPS) is 11.3. The average Bonchev–Trinajstić information content (AvgIpc) is 2.78. The van der Waals surface area contributed by atoms with Crippen LogP contribution in [0, 0.1) is 11.3 Å². The number of hydrogen-bond donors (Lipinski definition) is 0. The smallest absolute Gasteiger partial charge is 0.127 e. The molecule has 4 rings (SSSR count). The van der Waals surface area contributed by atoms with Gasteiger partial charge in [0.25, 0.3) is 0 Å². The van der Waals surface area contributed by atoms with E-state index in [0.29, 0.717) is 28.0 Å². The Kier molecular flexibility index (Phi) is 6.05. The molecule has 0 spiro atoms. The van der Waals surface area contributed by atoms with E-state index in [-0.39, 0.29) is 0 Å². The van der Waals surface area contributed by atoms with Gasteiger partial charge in [-0.05, 0) is 46.7 Å². The fourth-order valence-electron chi connectivity index (χ4n) is 3.28. The average molecular weight is 430 g/mol. The second-order valence-corrected chi connectivity index (χ2v) is 7.60. The second-order valence-electron chi connectivity index (χ2n) is 6.76. The molecule has 0 aliphatic rings. The molecule has 0 amide bonds. The highest BCUT2D eigenvalue weighted by molar-refractivity contribution is 6.31. The zero-order valence-electron chi connectivity index (χ0n) is 16.0. The largest absolute Gasteiger partial charge is 0.488 e. The van der Waals surface area contributed by atoms with Crippen molar-refractivity contribution in [1.82, 2.24) is 0 Å². The molecule has 0 radical (unpaired) electrons. The Morgan fingerprint density at radius 3 is 2.37 bits per heavy atom. The highest BCUT2D eigenvalue weighted by atomic mass is 35.5. The SMILES string of the molecule is N#C/C(=C\c1c(OCc2ccccc2Cl)ccc2ccccc12)c1ccc(Cl)cc1. The van der Waals surface area contributed by atoms with Crippen LogP contribution in [0.15, 0.2) is 84.9 Å². The first-order chi connectivity index (χ1) is 14.7. The Bertz CT molecular complexity index is 1270. The van der Waals surface area contributed by atoms with Gasteiger partial charge in [0.05, 0.1) is 11.6 Å². The fourth-order valence-corrected chi connectivity index (χ4v) is 3.59. The minimum absolute atomic E-state index is 0.335.